The molecule has 1 spiro atoms. The summed E-state index contributed by atoms with van der Waals surface area (Å²) in [5.41, 5.74) is -1.25. The maximum atomic E-state index is 14.1. The van der Waals surface area contributed by atoms with Crippen molar-refractivity contribution in [1.29, 1.82) is 5.26 Å². The van der Waals surface area contributed by atoms with Gasteiger partial charge in [-0.2, -0.15) is 5.26 Å². The number of ether oxygens (including phenoxy) is 1. The molecule has 4 aromatic rings. The van der Waals surface area contributed by atoms with Gasteiger partial charge in [-0.05, 0) is 24.1 Å². The van der Waals surface area contributed by atoms with Gasteiger partial charge in [0.2, 0.25) is 0 Å². The van der Waals surface area contributed by atoms with Gasteiger partial charge in [0.25, 0.3) is 5.56 Å². The van der Waals surface area contributed by atoms with Crippen molar-refractivity contribution in [3.63, 3.8) is 0 Å². The quantitative estimate of drug-likeness (QED) is 0.367. The summed E-state index contributed by atoms with van der Waals surface area (Å²) in [5.74, 6) is -4.11. The van der Waals surface area contributed by atoms with Crippen LogP contribution in [-0.4, -0.2) is 49.8 Å². The summed E-state index contributed by atoms with van der Waals surface area (Å²) in [6.07, 6.45) is 6.25. The van der Waals surface area contributed by atoms with Crippen LogP contribution >= 0.6 is 0 Å². The van der Waals surface area contributed by atoms with Gasteiger partial charge in [-0.15, -0.1) is 0 Å². The molecule has 0 N–H and O–H groups in total. The highest BCUT2D eigenvalue weighted by Crippen LogP contribution is 2.41. The Morgan fingerprint density at radius 3 is 2.58 bits per heavy atom. The number of benzene rings is 1. The molecule has 0 radical (unpaired) electrons. The number of anilines is 1. The molecule has 194 valence electrons. The molecular weight excluding hydrogens is 503 g/mol. The van der Waals surface area contributed by atoms with Crippen LogP contribution < -0.4 is 16.1 Å². The number of aromatic nitrogens is 5. The van der Waals surface area contributed by atoms with Gasteiger partial charge in [0.1, 0.15) is 18.2 Å². The van der Waals surface area contributed by atoms with E-state index < -0.39 is 28.7 Å². The normalized spacial score (nSPS) is 16.2. The molecule has 6 rings (SSSR count). The molecule has 0 amide bonds. The van der Waals surface area contributed by atoms with Crippen LogP contribution in [0.2, 0.25) is 0 Å². The van der Waals surface area contributed by atoms with E-state index in [4.69, 9.17) is 4.74 Å². The molecule has 1 aromatic carbocycles. The second-order valence-corrected chi connectivity index (χ2v) is 9.60. The lowest BCUT2D eigenvalue weighted by Crippen LogP contribution is -2.59. The van der Waals surface area contributed by atoms with Crippen molar-refractivity contribution in [2.75, 3.05) is 31.2 Å². The molecule has 0 atom stereocenters. The Kier molecular flexibility index (Phi) is 5.57. The number of hydrogen-bond donors (Lipinski definition) is 0. The summed E-state index contributed by atoms with van der Waals surface area (Å²) in [7, 11) is 0. The summed E-state index contributed by atoms with van der Waals surface area (Å²) in [6.45, 7) is 1.70. The predicted octanol–water partition coefficient (Wildman–Crippen LogP) is 1.80. The summed E-state index contributed by atoms with van der Waals surface area (Å²) in [5, 5.41) is 9.59. The van der Waals surface area contributed by atoms with E-state index in [0.29, 0.717) is 32.0 Å². The average Bonchev–Trinajstić information content (AvgIpc) is 3.53. The van der Waals surface area contributed by atoms with Gasteiger partial charge in [-0.3, -0.25) is 18.7 Å². The number of nitriles is 1. The number of imidazole rings is 1. The smallest absolute Gasteiger partial charge is 0.339 e. The lowest BCUT2D eigenvalue weighted by Gasteiger charge is -2.49. The van der Waals surface area contributed by atoms with Crippen LogP contribution in [0, 0.1) is 34.2 Å². The Bertz CT molecular complexity index is 1720. The van der Waals surface area contributed by atoms with Crippen molar-refractivity contribution in [3.8, 4) is 11.9 Å². The fourth-order valence-corrected chi connectivity index (χ4v) is 5.34. The zero-order valence-corrected chi connectivity index (χ0v) is 19.9. The molecule has 2 aliphatic rings. The van der Waals surface area contributed by atoms with E-state index in [2.05, 4.69) is 9.97 Å². The second-order valence-electron chi connectivity index (χ2n) is 9.60. The monoisotopic (exact) mass is 523 g/mol. The third-order valence-electron chi connectivity index (χ3n) is 7.13. The molecule has 13 heteroatoms. The number of hydrogen-bond acceptors (Lipinski definition) is 7. The van der Waals surface area contributed by atoms with E-state index in [-0.39, 0.29) is 41.1 Å². The molecule has 0 unspecified atom stereocenters. The van der Waals surface area contributed by atoms with Crippen molar-refractivity contribution in [1.82, 2.24) is 23.5 Å². The Balaban J connectivity index is 1.59. The zero-order valence-electron chi connectivity index (χ0n) is 19.9. The lowest BCUT2D eigenvalue weighted by molar-refractivity contribution is 0.130. The van der Waals surface area contributed by atoms with Gasteiger partial charge < -0.3 is 9.64 Å². The van der Waals surface area contributed by atoms with E-state index in [0.717, 1.165) is 23.1 Å². The first kappa shape index (κ1) is 23.9. The fourth-order valence-electron chi connectivity index (χ4n) is 5.34. The van der Waals surface area contributed by atoms with E-state index in [9.17, 15) is 28.0 Å². The van der Waals surface area contributed by atoms with Crippen LogP contribution in [0.1, 0.15) is 17.5 Å². The minimum Gasteiger partial charge on any atom is -0.381 e. The molecule has 0 aliphatic carbocycles. The van der Waals surface area contributed by atoms with Crippen LogP contribution in [0.4, 0.5) is 19.0 Å². The van der Waals surface area contributed by atoms with Crippen LogP contribution in [0.25, 0.3) is 11.5 Å². The van der Waals surface area contributed by atoms with Crippen LogP contribution in [0.3, 0.4) is 0 Å². The number of halogens is 3. The molecule has 2 fully saturated rings. The van der Waals surface area contributed by atoms with Crippen molar-refractivity contribution in [3.05, 3.63) is 86.3 Å². The predicted molar refractivity (Wildman–Crippen MR) is 128 cm³/mol. The standard InChI is InChI=1S/C25H20F3N7O3/c26-17-8-15(9-18(27)21(17)28)7-16-22(32-12-25(13-32)1-6-38-14-25)34(4-2-29)24(37)35(23(16)36)20-11-31-19-10-30-3-5-33(19)20/h3,5,8-11H,1,4,6-7,12-14H2. The number of rotatable bonds is 5. The van der Waals surface area contributed by atoms with Crippen LogP contribution in [-0.2, 0) is 17.7 Å². The summed E-state index contributed by atoms with van der Waals surface area (Å²) in [4.78, 5) is 37.7. The molecule has 5 heterocycles. The van der Waals surface area contributed by atoms with E-state index in [1.165, 1.54) is 33.8 Å². The highest BCUT2D eigenvalue weighted by molar-refractivity contribution is 5.54. The third kappa shape index (κ3) is 3.67. The molecule has 2 aliphatic heterocycles. The van der Waals surface area contributed by atoms with Gasteiger partial charge in [-0.1, -0.05) is 0 Å². The van der Waals surface area contributed by atoms with Gasteiger partial charge in [0, 0.05) is 43.9 Å². The second kappa shape index (κ2) is 8.84. The molecule has 0 bridgehead atoms. The minimum absolute atomic E-state index is 0.00441. The van der Waals surface area contributed by atoms with Gasteiger partial charge >= 0.3 is 5.69 Å². The SMILES string of the molecule is N#CCn1c(N2CC3(CCOC3)C2)c(Cc2cc(F)c(F)c(F)c2)c(=O)n(-c2cnc3cnccn23)c1=O. The first-order chi connectivity index (χ1) is 18.3. The third-order valence-corrected chi connectivity index (χ3v) is 7.13. The molecule has 3 aromatic heterocycles. The molecule has 0 saturated carbocycles. The minimum atomic E-state index is -1.62. The first-order valence-corrected chi connectivity index (χ1v) is 11.8. The fraction of sp³-hybridized carbons (Fsp3) is 0.320. The summed E-state index contributed by atoms with van der Waals surface area (Å²) in [6, 6.07) is 3.60. The van der Waals surface area contributed by atoms with Crippen molar-refractivity contribution >= 4 is 11.5 Å². The zero-order chi connectivity index (χ0) is 26.6. The van der Waals surface area contributed by atoms with E-state index in [1.807, 2.05) is 11.0 Å². The first-order valence-electron chi connectivity index (χ1n) is 11.8. The van der Waals surface area contributed by atoms with Crippen molar-refractivity contribution < 1.29 is 17.9 Å². The summed E-state index contributed by atoms with van der Waals surface area (Å²) >= 11 is 0. The van der Waals surface area contributed by atoms with Crippen molar-refractivity contribution in [2.24, 2.45) is 5.41 Å². The molecule has 10 nitrogen and oxygen atoms in total. The number of fused-ring (bicyclic) bond motifs is 1. The van der Waals surface area contributed by atoms with Crippen molar-refractivity contribution in [2.45, 2.75) is 19.4 Å². The highest BCUT2D eigenvalue weighted by Gasteiger charge is 2.47. The molecule has 2 saturated heterocycles. The maximum Gasteiger partial charge on any atom is 0.339 e. The van der Waals surface area contributed by atoms with E-state index >= 15 is 0 Å². The Hall–Kier alpha value is -4.44. The topological polar surface area (TPSA) is 110 Å². The maximum absolute atomic E-state index is 14.1. The Morgan fingerprint density at radius 2 is 1.89 bits per heavy atom. The number of nitrogens with zero attached hydrogens (tertiary/aromatic N) is 7. The van der Waals surface area contributed by atoms with Gasteiger partial charge in [-0.25, -0.2) is 27.5 Å². The van der Waals surface area contributed by atoms with E-state index in [1.54, 1.807) is 0 Å². The van der Waals surface area contributed by atoms with Crippen LogP contribution in [0.15, 0.2) is 46.5 Å². The van der Waals surface area contributed by atoms with Gasteiger partial charge in [0.05, 0.1) is 30.6 Å². The highest BCUT2D eigenvalue weighted by atomic mass is 19.2. The van der Waals surface area contributed by atoms with Gasteiger partial charge in [0.15, 0.2) is 23.1 Å². The lowest BCUT2D eigenvalue weighted by atomic mass is 9.79. The Labute approximate surface area is 212 Å². The average molecular weight is 523 g/mol. The molecule has 38 heavy (non-hydrogen) atoms. The summed E-state index contributed by atoms with van der Waals surface area (Å²) < 4.78 is 50.9. The Morgan fingerprint density at radius 1 is 1.13 bits per heavy atom. The van der Waals surface area contributed by atoms with Crippen LogP contribution in [0.5, 0.6) is 0 Å². The molecular formula is C25H20F3N7O3. The largest absolute Gasteiger partial charge is 0.381 e.